The molecule has 19 heteroatoms. The molecule has 0 radical (unpaired) electrons. The number of carbonyl (C=O) groups excluding carboxylic acids is 4. The summed E-state index contributed by atoms with van der Waals surface area (Å²) in [6.07, 6.45) is 16.2. The molecule has 6 aliphatic carbocycles. The second-order valence-corrected chi connectivity index (χ2v) is 27.1. The molecule has 8 fully saturated rings. The fraction of sp³-hybridized carbons (Fsp3) is 0.588. The van der Waals surface area contributed by atoms with Gasteiger partial charge in [-0.15, -0.1) is 0 Å². The van der Waals surface area contributed by atoms with E-state index in [4.69, 9.17) is 42.9 Å². The minimum Gasteiger partial charge on any atom is -0.496 e. The van der Waals surface area contributed by atoms with Crippen LogP contribution in [0.4, 0.5) is 10.5 Å². The van der Waals surface area contributed by atoms with Crippen molar-refractivity contribution in [1.82, 2.24) is 19.7 Å². The number of hydrogen-bond acceptors (Lipinski definition) is 17. The van der Waals surface area contributed by atoms with Crippen LogP contribution in [0.1, 0.15) is 108 Å². The van der Waals surface area contributed by atoms with Crippen LogP contribution in [0.3, 0.4) is 0 Å². The Bertz CT molecular complexity index is 3380. The lowest BCUT2D eigenvalue weighted by Gasteiger charge is -2.57. The highest BCUT2D eigenvalue weighted by Crippen LogP contribution is 2.64. The van der Waals surface area contributed by atoms with Gasteiger partial charge < -0.3 is 48.1 Å². The molecule has 6 aliphatic heterocycles. The normalized spacial score (nSPS) is 39.5. The van der Waals surface area contributed by atoms with Crippen molar-refractivity contribution < 1.29 is 67.2 Å². The first-order chi connectivity index (χ1) is 41.9. The summed E-state index contributed by atoms with van der Waals surface area (Å²) >= 11 is 0. The number of rotatable bonds is 11. The Morgan fingerprint density at radius 2 is 1.66 bits per heavy atom. The fourth-order valence-electron chi connectivity index (χ4n) is 18.6. The van der Waals surface area contributed by atoms with Crippen LogP contribution in [0, 0.1) is 35.5 Å². The molecule has 1 aromatic heterocycles. The number of carbonyl (C=O) groups is 4. The topological polar surface area (TPSA) is 209 Å². The number of allylic oxidation sites excluding steroid dienone is 2. The number of methoxy groups -OCH3 is 3. The summed E-state index contributed by atoms with van der Waals surface area (Å²) in [4.78, 5) is 79.5. The van der Waals surface area contributed by atoms with Crippen LogP contribution in [-0.2, 0) is 75.8 Å². The Labute approximate surface area is 508 Å². The standard InChI is InChI=1S/C68H83N5O14/c1-8-64(82-37-41-17-19-48(20-18-41)69-63(77)84-49-13-11-22-65(34-49)85-68(87-86-65)46-27-42-26-43(29-46)30-47(68)28-42)32-44-33-66(61(75)80-6,58-51(21-24-72(35-44)38-64)50-14-9-10-16-54(50)70-58)53-31-45-36-73-23-12-15-52-57(73)56(45)59(71(4)39(2)25-55(53)79-5)67(78,62(76)81-7)60(52)83-40(3)74/h9-10,12,14-20,25,31,42-44,46-47,49,52,57,59-60,70,78H,2,8,11,13,21-24,26-30,32-38H2,1,3-7H3,(H,69,77)/b53-31+,55-25+/t42?,43?,44-,46?,47?,49?,52?,57?,59-,60-,64+,65-,66+,67+,68?/m1/s1. The van der Waals surface area contributed by atoms with Gasteiger partial charge in [0.2, 0.25) is 17.2 Å². The smallest absolute Gasteiger partial charge is 0.411 e. The van der Waals surface area contributed by atoms with E-state index < -0.39 is 76.3 Å². The lowest BCUT2D eigenvalue weighted by Crippen LogP contribution is -2.72. The predicted molar refractivity (Wildman–Crippen MR) is 319 cm³/mol. The molecule has 6 saturated carbocycles. The number of aliphatic hydroxyl groups is 1. The number of amides is 1. The predicted octanol–water partition coefficient (Wildman–Crippen LogP) is 8.83. The zero-order valence-corrected chi connectivity index (χ0v) is 50.9. The summed E-state index contributed by atoms with van der Waals surface area (Å²) in [5.74, 6) is -1.87. The number of para-hydroxylation sites is 1. The van der Waals surface area contributed by atoms with E-state index in [2.05, 4.69) is 39.7 Å². The molecule has 6 bridgehead atoms. The molecule has 7 heterocycles. The molecule has 3 aromatic rings. The summed E-state index contributed by atoms with van der Waals surface area (Å²) in [6.45, 7) is 11.2. The van der Waals surface area contributed by atoms with Crippen LogP contribution in [0.15, 0.2) is 108 Å². The highest BCUT2D eigenvalue weighted by Gasteiger charge is 2.69. The molecule has 87 heavy (non-hydrogen) atoms. The molecule has 3 unspecified atom stereocenters. The molecular formula is C68H83N5O14. The summed E-state index contributed by atoms with van der Waals surface area (Å²) in [7, 11) is 5.97. The number of nitrogens with one attached hydrogen (secondary N) is 2. The van der Waals surface area contributed by atoms with Crippen molar-refractivity contribution in [3.05, 3.63) is 124 Å². The van der Waals surface area contributed by atoms with Crippen molar-refractivity contribution in [2.45, 2.75) is 156 Å². The van der Waals surface area contributed by atoms with E-state index >= 15 is 4.79 Å². The lowest BCUT2D eigenvalue weighted by atomic mass is 9.53. The van der Waals surface area contributed by atoms with E-state index in [1.165, 1.54) is 27.6 Å². The Morgan fingerprint density at radius 1 is 0.897 bits per heavy atom. The van der Waals surface area contributed by atoms with Crippen LogP contribution in [-0.4, -0.2) is 157 Å². The molecule has 3 N–H and O–H groups in total. The number of fused-ring (bicyclic) bond motifs is 5. The van der Waals surface area contributed by atoms with E-state index in [-0.39, 0.29) is 18.4 Å². The van der Waals surface area contributed by atoms with Crippen LogP contribution < -0.4 is 5.32 Å². The minimum atomic E-state index is -2.41. The number of nitrogens with zero attached hydrogens (tertiary/aromatic N) is 3. The molecule has 2 spiro atoms. The zero-order chi connectivity index (χ0) is 60.4. The third kappa shape index (κ3) is 9.52. The van der Waals surface area contributed by atoms with Gasteiger partial charge in [0.25, 0.3) is 0 Å². The first-order valence-electron chi connectivity index (χ1n) is 31.6. The molecule has 12 aliphatic rings. The molecule has 2 saturated heterocycles. The number of anilines is 1. The number of benzene rings is 2. The van der Waals surface area contributed by atoms with E-state index in [1.807, 2.05) is 60.7 Å². The van der Waals surface area contributed by atoms with Crippen molar-refractivity contribution in [1.29, 1.82) is 0 Å². The number of piperidine rings is 1. The van der Waals surface area contributed by atoms with Crippen molar-refractivity contribution >= 4 is 40.6 Å². The number of aromatic amines is 1. The van der Waals surface area contributed by atoms with Gasteiger partial charge in [0.1, 0.15) is 17.3 Å². The number of esters is 3. The van der Waals surface area contributed by atoms with E-state index in [0.717, 1.165) is 77.1 Å². The number of aromatic nitrogens is 1. The minimum absolute atomic E-state index is 0.139. The van der Waals surface area contributed by atoms with Gasteiger partial charge in [-0.25, -0.2) is 9.59 Å². The maximum absolute atomic E-state index is 15.9. The van der Waals surface area contributed by atoms with Gasteiger partial charge in [-0.1, -0.05) is 56.0 Å². The highest BCUT2D eigenvalue weighted by atomic mass is 17.3. The molecule has 1 amide bonds. The second kappa shape index (κ2) is 22.0. The summed E-state index contributed by atoms with van der Waals surface area (Å²) in [6, 6.07) is 14.3. The van der Waals surface area contributed by atoms with Gasteiger partial charge in [0.15, 0.2) is 6.10 Å². The van der Waals surface area contributed by atoms with Crippen LogP contribution in [0.2, 0.25) is 0 Å². The SMILES string of the molecule is C=C1/C=C(OC)\C([C@@]2(C(=O)OC)C[C@@H]3C[N@](CCc4c2[nH]c2ccccc42)C[C@@](CC)(OCc2ccc(NC(=O)OC4CCC[C@]5(C4)OOC4(O5)C5CC6CC(C5)CC4C6)cc2)C3)=C/C2=C3C4C(C=CCN4C2)[C@@H](OC(C)=O)[C@](O)(C(=O)OC)[C@@H]3N1C. The summed E-state index contributed by atoms with van der Waals surface area (Å²) < 4.78 is 44.3. The largest absolute Gasteiger partial charge is 0.496 e. The Balaban J connectivity index is 0.754. The van der Waals surface area contributed by atoms with Crippen LogP contribution >= 0.6 is 0 Å². The number of likely N-dealkylation sites (N-methyl/N-ethyl adjacent to an activating group) is 1. The summed E-state index contributed by atoms with van der Waals surface area (Å²) in [5, 5.41) is 17.1. The lowest BCUT2D eigenvalue weighted by molar-refractivity contribution is -0.390. The third-order valence-corrected chi connectivity index (χ3v) is 22.2. The van der Waals surface area contributed by atoms with Crippen molar-refractivity contribution in [3.8, 4) is 0 Å². The fourth-order valence-corrected chi connectivity index (χ4v) is 18.6. The van der Waals surface area contributed by atoms with E-state index in [0.29, 0.717) is 118 Å². The molecule has 11 atom stereocenters. The zero-order valence-electron chi connectivity index (χ0n) is 50.9. The first-order valence-corrected chi connectivity index (χ1v) is 31.6. The maximum atomic E-state index is 15.9. The second-order valence-electron chi connectivity index (χ2n) is 27.1. The van der Waals surface area contributed by atoms with Gasteiger partial charge in [-0.05, 0) is 135 Å². The van der Waals surface area contributed by atoms with Crippen molar-refractivity contribution in [2.75, 3.05) is 66.4 Å². The van der Waals surface area contributed by atoms with E-state index in [1.54, 1.807) is 25.1 Å². The van der Waals surface area contributed by atoms with Gasteiger partial charge in [-0.2, -0.15) is 9.78 Å². The third-order valence-electron chi connectivity index (χ3n) is 22.2. The average molecular weight is 1190 g/mol. The molecule has 19 nitrogen and oxygen atoms in total. The maximum Gasteiger partial charge on any atom is 0.411 e. The van der Waals surface area contributed by atoms with Gasteiger partial charge in [0, 0.05) is 123 Å². The van der Waals surface area contributed by atoms with Gasteiger partial charge in [0.05, 0.1) is 39.6 Å². The van der Waals surface area contributed by atoms with Crippen LogP contribution in [0.5, 0.6) is 0 Å². The molecule has 15 rings (SSSR count). The molecule has 2 aromatic carbocycles. The van der Waals surface area contributed by atoms with Gasteiger partial charge in [-0.3, -0.25) is 24.7 Å². The first kappa shape index (κ1) is 58.4. The van der Waals surface area contributed by atoms with Gasteiger partial charge >= 0.3 is 24.0 Å². The summed E-state index contributed by atoms with van der Waals surface area (Å²) in [5.41, 5.74) is 1.91. The molecule has 464 valence electrons. The van der Waals surface area contributed by atoms with E-state index in [9.17, 15) is 19.5 Å². The molecular weight excluding hydrogens is 1110 g/mol. The Morgan fingerprint density at radius 3 is 2.38 bits per heavy atom. The highest BCUT2D eigenvalue weighted by molar-refractivity contribution is 5.94. The Kier molecular flexibility index (Phi) is 14.8. The monoisotopic (exact) mass is 1190 g/mol. The number of H-pyrrole nitrogens is 1. The Hall–Kier alpha value is -6.32. The van der Waals surface area contributed by atoms with Crippen LogP contribution in [0.25, 0.3) is 10.9 Å². The quantitative estimate of drug-likeness (QED) is 0.0709. The number of ether oxygens (including phenoxy) is 7. The van der Waals surface area contributed by atoms with Crippen molar-refractivity contribution in [2.24, 2.45) is 35.5 Å². The average Bonchev–Trinajstić information content (AvgIpc) is 1.67. The van der Waals surface area contributed by atoms with Crippen molar-refractivity contribution in [3.63, 3.8) is 0 Å². The number of hydrogen-bond donors (Lipinski definition) is 3.